The largest absolute Gasteiger partial charge is 0.465 e. The average molecular weight is 360 g/mol. The van der Waals surface area contributed by atoms with Gasteiger partial charge in [-0.2, -0.15) is 0 Å². The van der Waals surface area contributed by atoms with Gasteiger partial charge in [0.25, 0.3) is 0 Å². The van der Waals surface area contributed by atoms with Gasteiger partial charge in [-0.1, -0.05) is 31.7 Å². The minimum Gasteiger partial charge on any atom is -0.465 e. The Hall–Kier alpha value is -2.37. The highest BCUT2D eigenvalue weighted by Crippen LogP contribution is 2.22. The Morgan fingerprint density at radius 3 is 2.46 bits per heavy atom. The van der Waals surface area contributed by atoms with Gasteiger partial charge in [-0.05, 0) is 31.0 Å². The van der Waals surface area contributed by atoms with Crippen LogP contribution >= 0.6 is 0 Å². The fraction of sp³-hybridized carbons (Fsp3) is 0.550. The lowest BCUT2D eigenvalue weighted by molar-refractivity contribution is -0.131. The molecule has 0 radical (unpaired) electrons. The summed E-state index contributed by atoms with van der Waals surface area (Å²) in [5.41, 5.74) is 0.927. The van der Waals surface area contributed by atoms with Gasteiger partial charge in [0.15, 0.2) is 0 Å². The lowest BCUT2D eigenvalue weighted by atomic mass is 10.1. The number of amides is 2. The number of carbonyl (C=O) groups excluding carboxylic acids is 3. The maximum Gasteiger partial charge on any atom is 0.337 e. The number of methoxy groups -OCH3 is 1. The normalized spacial score (nSPS) is 15.0. The van der Waals surface area contributed by atoms with Crippen molar-refractivity contribution in [2.75, 3.05) is 19.0 Å². The molecule has 1 aliphatic rings. The van der Waals surface area contributed by atoms with E-state index in [1.807, 2.05) is 4.90 Å². The number of esters is 1. The monoisotopic (exact) mass is 360 g/mol. The van der Waals surface area contributed by atoms with Crippen LogP contribution in [0.1, 0.15) is 62.2 Å². The average Bonchev–Trinajstić information content (AvgIpc) is 2.90. The summed E-state index contributed by atoms with van der Waals surface area (Å²) in [6.45, 7) is 1.99. The molecule has 6 nitrogen and oxygen atoms in total. The predicted molar refractivity (Wildman–Crippen MR) is 99.9 cm³/mol. The number of carbonyl (C=O) groups is 3. The summed E-state index contributed by atoms with van der Waals surface area (Å²) in [6.07, 6.45) is 6.99. The first-order valence-corrected chi connectivity index (χ1v) is 9.26. The molecule has 1 saturated carbocycles. The molecule has 0 saturated heterocycles. The van der Waals surface area contributed by atoms with Crippen LogP contribution < -0.4 is 5.32 Å². The summed E-state index contributed by atoms with van der Waals surface area (Å²) in [5.74, 6) is -0.596. The minimum atomic E-state index is -0.447. The van der Waals surface area contributed by atoms with Crippen LogP contribution in [0.25, 0.3) is 0 Å². The topological polar surface area (TPSA) is 75.7 Å². The number of hydrogen-bond donors (Lipinski definition) is 1. The van der Waals surface area contributed by atoms with E-state index in [-0.39, 0.29) is 24.3 Å². The minimum absolute atomic E-state index is 0.0254. The van der Waals surface area contributed by atoms with Crippen LogP contribution in [0.4, 0.5) is 5.69 Å². The van der Waals surface area contributed by atoms with E-state index in [1.165, 1.54) is 20.0 Å². The van der Waals surface area contributed by atoms with E-state index in [0.29, 0.717) is 17.8 Å². The molecular weight excluding hydrogens is 332 g/mol. The number of nitrogens with zero attached hydrogens (tertiary/aromatic N) is 1. The smallest absolute Gasteiger partial charge is 0.337 e. The fourth-order valence-corrected chi connectivity index (χ4v) is 3.45. The first-order valence-electron chi connectivity index (χ1n) is 9.26. The Bertz CT molecular complexity index is 636. The van der Waals surface area contributed by atoms with Crippen LogP contribution in [0.5, 0.6) is 0 Å². The molecule has 1 aromatic rings. The van der Waals surface area contributed by atoms with Crippen LogP contribution in [-0.2, 0) is 14.3 Å². The lowest BCUT2D eigenvalue weighted by Gasteiger charge is -2.30. The van der Waals surface area contributed by atoms with Gasteiger partial charge in [0.1, 0.15) is 0 Å². The predicted octanol–water partition coefficient (Wildman–Crippen LogP) is 3.37. The molecule has 0 spiro atoms. The van der Waals surface area contributed by atoms with E-state index in [9.17, 15) is 14.4 Å². The van der Waals surface area contributed by atoms with Crippen molar-refractivity contribution >= 4 is 23.5 Å². The van der Waals surface area contributed by atoms with Crippen molar-refractivity contribution in [3.05, 3.63) is 29.8 Å². The number of nitrogens with one attached hydrogen (secondary N) is 1. The highest BCUT2D eigenvalue weighted by molar-refractivity contribution is 5.94. The van der Waals surface area contributed by atoms with Gasteiger partial charge in [0.05, 0.1) is 12.7 Å². The Morgan fingerprint density at radius 1 is 1.15 bits per heavy atom. The first-order chi connectivity index (χ1) is 12.5. The number of ether oxygens (including phenoxy) is 1. The van der Waals surface area contributed by atoms with E-state index in [2.05, 4.69) is 10.1 Å². The molecule has 0 unspecified atom stereocenters. The van der Waals surface area contributed by atoms with Crippen molar-refractivity contribution in [1.82, 2.24) is 4.90 Å². The van der Waals surface area contributed by atoms with Crippen molar-refractivity contribution < 1.29 is 19.1 Å². The zero-order chi connectivity index (χ0) is 18.9. The summed E-state index contributed by atoms with van der Waals surface area (Å²) in [5, 5.41) is 2.79. The van der Waals surface area contributed by atoms with Crippen molar-refractivity contribution in [3.8, 4) is 0 Å². The van der Waals surface area contributed by atoms with Crippen molar-refractivity contribution in [1.29, 1.82) is 0 Å². The molecule has 2 amide bonds. The molecule has 6 heteroatoms. The van der Waals surface area contributed by atoms with E-state index in [1.54, 1.807) is 31.2 Å². The first kappa shape index (κ1) is 19.9. The van der Waals surface area contributed by atoms with E-state index in [0.717, 1.165) is 25.7 Å². The zero-order valence-electron chi connectivity index (χ0n) is 15.6. The van der Waals surface area contributed by atoms with Crippen LogP contribution in [0.2, 0.25) is 0 Å². The molecule has 0 bridgehead atoms. The quantitative estimate of drug-likeness (QED) is 0.623. The third kappa shape index (κ3) is 5.86. The van der Waals surface area contributed by atoms with Gasteiger partial charge < -0.3 is 15.0 Å². The Morgan fingerprint density at radius 2 is 1.85 bits per heavy atom. The maximum absolute atomic E-state index is 12.3. The van der Waals surface area contributed by atoms with E-state index in [4.69, 9.17) is 0 Å². The Kier molecular flexibility index (Phi) is 7.63. The molecular formula is C20H28N2O4. The lowest BCUT2D eigenvalue weighted by Crippen LogP contribution is -2.40. The Labute approximate surface area is 154 Å². The van der Waals surface area contributed by atoms with E-state index < -0.39 is 5.97 Å². The summed E-state index contributed by atoms with van der Waals surface area (Å²) in [4.78, 5) is 37.7. The van der Waals surface area contributed by atoms with Gasteiger partial charge in [-0.3, -0.25) is 9.59 Å². The molecule has 0 heterocycles. The summed E-state index contributed by atoms with van der Waals surface area (Å²) >= 11 is 0. The number of anilines is 1. The highest BCUT2D eigenvalue weighted by Gasteiger charge is 2.22. The molecule has 1 fully saturated rings. The molecule has 142 valence electrons. The number of rotatable bonds is 6. The Balaban J connectivity index is 1.91. The molecule has 1 N–H and O–H groups in total. The molecule has 2 rings (SSSR count). The van der Waals surface area contributed by atoms with Gasteiger partial charge in [0, 0.05) is 31.6 Å². The molecule has 1 aliphatic carbocycles. The third-order valence-corrected chi connectivity index (χ3v) is 4.82. The van der Waals surface area contributed by atoms with Gasteiger partial charge >= 0.3 is 5.97 Å². The van der Waals surface area contributed by atoms with Gasteiger partial charge in [0.2, 0.25) is 11.8 Å². The van der Waals surface area contributed by atoms with E-state index >= 15 is 0 Å². The second-order valence-corrected chi connectivity index (χ2v) is 6.73. The standard InChI is InChI=1S/C20H28N2O4/c1-15(23)22(18-10-5-3-4-6-11-18)13-12-19(24)21-17-9-7-8-16(14-17)20(25)26-2/h7-9,14,18H,3-6,10-13H2,1-2H3,(H,21,24). The van der Waals surface area contributed by atoms with Crippen molar-refractivity contribution in [2.45, 2.75) is 57.9 Å². The maximum atomic E-state index is 12.3. The SMILES string of the molecule is COC(=O)c1cccc(NC(=O)CCN(C(C)=O)C2CCCCCC2)c1. The highest BCUT2D eigenvalue weighted by atomic mass is 16.5. The van der Waals surface area contributed by atoms with Crippen LogP contribution in [-0.4, -0.2) is 42.4 Å². The van der Waals surface area contributed by atoms with Gasteiger partial charge in [-0.15, -0.1) is 0 Å². The molecule has 1 aromatic carbocycles. The molecule has 26 heavy (non-hydrogen) atoms. The third-order valence-electron chi connectivity index (χ3n) is 4.82. The van der Waals surface area contributed by atoms with Crippen LogP contribution in [0, 0.1) is 0 Å². The second kappa shape index (κ2) is 9.94. The van der Waals surface area contributed by atoms with Crippen molar-refractivity contribution in [2.24, 2.45) is 0 Å². The van der Waals surface area contributed by atoms with Gasteiger partial charge in [-0.25, -0.2) is 4.79 Å². The molecule has 0 aromatic heterocycles. The number of benzene rings is 1. The fourth-order valence-electron chi connectivity index (χ4n) is 3.45. The second-order valence-electron chi connectivity index (χ2n) is 6.73. The van der Waals surface area contributed by atoms with Crippen LogP contribution in [0.15, 0.2) is 24.3 Å². The summed E-state index contributed by atoms with van der Waals surface area (Å²) < 4.78 is 4.68. The zero-order valence-corrected chi connectivity index (χ0v) is 15.6. The van der Waals surface area contributed by atoms with Crippen molar-refractivity contribution in [3.63, 3.8) is 0 Å². The molecule has 0 atom stereocenters. The number of hydrogen-bond acceptors (Lipinski definition) is 4. The summed E-state index contributed by atoms with van der Waals surface area (Å²) in [7, 11) is 1.32. The molecule has 0 aliphatic heterocycles. The van der Waals surface area contributed by atoms with Crippen LogP contribution in [0.3, 0.4) is 0 Å². The summed E-state index contributed by atoms with van der Waals surface area (Å²) in [6, 6.07) is 6.86.